The van der Waals surface area contributed by atoms with Crippen LogP contribution < -0.4 is 0 Å². The van der Waals surface area contributed by atoms with Crippen LogP contribution in [0.5, 0.6) is 0 Å². The Morgan fingerprint density at radius 1 is 1.36 bits per heavy atom. The normalized spacial score (nSPS) is 10.2. The number of esters is 1. The van der Waals surface area contributed by atoms with Gasteiger partial charge < -0.3 is 14.2 Å². The lowest BCUT2D eigenvalue weighted by Gasteiger charge is -2.16. The maximum Gasteiger partial charge on any atom is 0.330 e. The molecule has 0 aliphatic heterocycles. The number of hydrogen-bond donors (Lipinski definition) is 0. The van der Waals surface area contributed by atoms with E-state index in [-0.39, 0.29) is 12.9 Å². The Labute approximate surface area is 84.8 Å². The zero-order valence-corrected chi connectivity index (χ0v) is 8.82. The molecule has 14 heavy (non-hydrogen) atoms. The van der Waals surface area contributed by atoms with Gasteiger partial charge in [0.2, 0.25) is 0 Å². The fraction of sp³-hybridized carbons (Fsp3) is 0.700. The molecule has 0 atom stereocenters. The molecule has 4 nitrogen and oxygen atoms in total. The summed E-state index contributed by atoms with van der Waals surface area (Å²) in [6.45, 7) is 8.53. The van der Waals surface area contributed by atoms with Crippen molar-refractivity contribution >= 4 is 5.97 Å². The quantitative estimate of drug-likeness (QED) is 0.340. The highest BCUT2D eigenvalue weighted by molar-refractivity contribution is 5.81. The Balaban J connectivity index is 3.58. The maximum atomic E-state index is 10.7. The zero-order chi connectivity index (χ0) is 10.8. The lowest BCUT2D eigenvalue weighted by molar-refractivity contribution is -0.154. The first-order valence-electron chi connectivity index (χ1n) is 4.77. The van der Waals surface area contributed by atoms with Crippen molar-refractivity contribution < 1.29 is 19.0 Å². The number of carbonyl (C=O) groups is 1. The molecular weight excluding hydrogens is 184 g/mol. The van der Waals surface area contributed by atoms with Gasteiger partial charge in [0, 0.05) is 25.7 Å². The van der Waals surface area contributed by atoms with Crippen LogP contribution in [0.15, 0.2) is 12.7 Å². The molecule has 0 aliphatic carbocycles. The van der Waals surface area contributed by atoms with Gasteiger partial charge in [0.05, 0.1) is 6.61 Å². The monoisotopic (exact) mass is 202 g/mol. The summed E-state index contributed by atoms with van der Waals surface area (Å²) in [6, 6.07) is 0. The molecule has 0 aromatic heterocycles. The van der Waals surface area contributed by atoms with Crippen molar-refractivity contribution in [3.8, 4) is 0 Å². The van der Waals surface area contributed by atoms with Crippen molar-refractivity contribution in [3.05, 3.63) is 12.7 Å². The minimum atomic E-state index is -0.420. The van der Waals surface area contributed by atoms with E-state index < -0.39 is 5.97 Å². The summed E-state index contributed by atoms with van der Waals surface area (Å²) in [7, 11) is 0. The predicted octanol–water partition coefficient (Wildman–Crippen LogP) is 1.50. The van der Waals surface area contributed by atoms with Crippen molar-refractivity contribution in [3.63, 3.8) is 0 Å². The van der Waals surface area contributed by atoms with E-state index in [1.807, 2.05) is 13.8 Å². The van der Waals surface area contributed by atoms with Crippen LogP contribution >= 0.6 is 0 Å². The Morgan fingerprint density at radius 2 is 1.93 bits per heavy atom. The zero-order valence-electron chi connectivity index (χ0n) is 8.82. The molecule has 0 amide bonds. The van der Waals surface area contributed by atoms with Crippen LogP contribution in [-0.4, -0.2) is 32.1 Å². The van der Waals surface area contributed by atoms with Gasteiger partial charge >= 0.3 is 5.97 Å². The lowest BCUT2D eigenvalue weighted by Crippen LogP contribution is -2.20. The maximum absolute atomic E-state index is 10.7. The van der Waals surface area contributed by atoms with Crippen molar-refractivity contribution in [2.75, 3.05) is 19.8 Å². The first-order chi connectivity index (χ1) is 6.74. The molecule has 0 spiro atoms. The van der Waals surface area contributed by atoms with Crippen LogP contribution in [0, 0.1) is 0 Å². The molecule has 0 aromatic rings. The van der Waals surface area contributed by atoms with Crippen LogP contribution in [0.25, 0.3) is 0 Å². The van der Waals surface area contributed by atoms with E-state index in [4.69, 9.17) is 14.2 Å². The molecule has 0 radical (unpaired) electrons. The van der Waals surface area contributed by atoms with Gasteiger partial charge in [0.15, 0.2) is 6.29 Å². The minimum Gasteiger partial charge on any atom is -0.462 e. The predicted molar refractivity (Wildman–Crippen MR) is 52.8 cm³/mol. The smallest absolute Gasteiger partial charge is 0.330 e. The molecular formula is C10H18O4. The Morgan fingerprint density at radius 3 is 2.36 bits per heavy atom. The van der Waals surface area contributed by atoms with Crippen LogP contribution in [0.4, 0.5) is 0 Å². The average Bonchev–Trinajstić information content (AvgIpc) is 2.18. The molecule has 0 unspecified atom stereocenters. The summed E-state index contributed by atoms with van der Waals surface area (Å²) in [5.41, 5.74) is 0. The molecule has 0 N–H and O–H groups in total. The molecule has 0 saturated heterocycles. The summed E-state index contributed by atoms with van der Waals surface area (Å²) in [6.07, 6.45) is 1.39. The first kappa shape index (κ1) is 13.1. The topological polar surface area (TPSA) is 44.8 Å². The second-order valence-electron chi connectivity index (χ2n) is 2.50. The average molecular weight is 202 g/mol. The third kappa shape index (κ3) is 6.62. The van der Waals surface area contributed by atoms with Gasteiger partial charge in [-0.05, 0) is 13.8 Å². The molecule has 0 bridgehead atoms. The van der Waals surface area contributed by atoms with E-state index in [0.29, 0.717) is 19.6 Å². The SMILES string of the molecule is C=CC(=O)OCCC(OCC)OCC. The molecule has 0 heterocycles. The van der Waals surface area contributed by atoms with Gasteiger partial charge in [-0.3, -0.25) is 0 Å². The van der Waals surface area contributed by atoms with Crippen molar-refractivity contribution in [2.45, 2.75) is 26.6 Å². The number of hydrogen-bond acceptors (Lipinski definition) is 4. The molecule has 0 aliphatic rings. The number of rotatable bonds is 8. The van der Waals surface area contributed by atoms with E-state index in [0.717, 1.165) is 6.08 Å². The molecule has 0 rings (SSSR count). The summed E-state index contributed by atoms with van der Waals surface area (Å²) in [5, 5.41) is 0. The van der Waals surface area contributed by atoms with Gasteiger partial charge in [0.1, 0.15) is 0 Å². The number of ether oxygens (including phenoxy) is 3. The second kappa shape index (κ2) is 8.72. The van der Waals surface area contributed by atoms with Gasteiger partial charge in [-0.2, -0.15) is 0 Å². The third-order valence-corrected chi connectivity index (χ3v) is 1.47. The minimum absolute atomic E-state index is 0.287. The van der Waals surface area contributed by atoms with E-state index >= 15 is 0 Å². The third-order valence-electron chi connectivity index (χ3n) is 1.47. The lowest BCUT2D eigenvalue weighted by atomic mass is 10.4. The molecule has 0 saturated carbocycles. The van der Waals surface area contributed by atoms with Crippen LogP contribution in [-0.2, 0) is 19.0 Å². The molecule has 4 heteroatoms. The Kier molecular flexibility index (Phi) is 8.17. The first-order valence-corrected chi connectivity index (χ1v) is 4.77. The fourth-order valence-electron chi connectivity index (χ4n) is 0.901. The second-order valence-corrected chi connectivity index (χ2v) is 2.50. The largest absolute Gasteiger partial charge is 0.462 e. The highest BCUT2D eigenvalue weighted by atomic mass is 16.7. The van der Waals surface area contributed by atoms with Crippen molar-refractivity contribution in [1.29, 1.82) is 0 Å². The van der Waals surface area contributed by atoms with Crippen molar-refractivity contribution in [2.24, 2.45) is 0 Å². The summed E-state index contributed by atoms with van der Waals surface area (Å²) in [5.74, 6) is -0.420. The highest BCUT2D eigenvalue weighted by Crippen LogP contribution is 2.01. The Bertz CT molecular complexity index is 162. The Hall–Kier alpha value is -0.870. The van der Waals surface area contributed by atoms with Gasteiger partial charge in [0.25, 0.3) is 0 Å². The molecule has 0 fully saturated rings. The highest BCUT2D eigenvalue weighted by Gasteiger charge is 2.08. The van der Waals surface area contributed by atoms with Crippen LogP contribution in [0.3, 0.4) is 0 Å². The van der Waals surface area contributed by atoms with E-state index in [9.17, 15) is 4.79 Å². The number of carbonyl (C=O) groups excluding carboxylic acids is 1. The van der Waals surface area contributed by atoms with Crippen LogP contribution in [0.2, 0.25) is 0 Å². The molecule has 82 valence electrons. The fourth-order valence-corrected chi connectivity index (χ4v) is 0.901. The summed E-state index contributed by atoms with van der Waals surface area (Å²) < 4.78 is 15.3. The van der Waals surface area contributed by atoms with Crippen LogP contribution in [0.1, 0.15) is 20.3 Å². The standard InChI is InChI=1S/C10H18O4/c1-4-9(11)14-8-7-10(12-5-2)13-6-3/h4,10H,1,5-8H2,2-3H3. The van der Waals surface area contributed by atoms with E-state index in [1.54, 1.807) is 0 Å². The van der Waals surface area contributed by atoms with Gasteiger partial charge in [-0.1, -0.05) is 6.58 Å². The van der Waals surface area contributed by atoms with Crippen molar-refractivity contribution in [1.82, 2.24) is 0 Å². The van der Waals surface area contributed by atoms with Gasteiger partial charge in [-0.15, -0.1) is 0 Å². The van der Waals surface area contributed by atoms with E-state index in [2.05, 4.69) is 6.58 Å². The summed E-state index contributed by atoms with van der Waals surface area (Å²) in [4.78, 5) is 10.7. The van der Waals surface area contributed by atoms with E-state index in [1.165, 1.54) is 0 Å². The van der Waals surface area contributed by atoms with Gasteiger partial charge in [-0.25, -0.2) is 4.79 Å². The summed E-state index contributed by atoms with van der Waals surface area (Å²) >= 11 is 0. The molecule has 0 aromatic carbocycles.